The first kappa shape index (κ1) is 16.3. The van der Waals surface area contributed by atoms with Gasteiger partial charge in [-0.25, -0.2) is 4.98 Å². The molecule has 1 fully saturated rings. The molecule has 0 spiro atoms. The van der Waals surface area contributed by atoms with Gasteiger partial charge in [0.05, 0.1) is 0 Å². The van der Waals surface area contributed by atoms with E-state index >= 15 is 0 Å². The molecule has 118 valence electrons. The van der Waals surface area contributed by atoms with E-state index in [0.717, 1.165) is 19.6 Å². The highest BCUT2D eigenvalue weighted by Crippen LogP contribution is 2.26. The molecule has 0 saturated carbocycles. The van der Waals surface area contributed by atoms with Crippen LogP contribution in [0.5, 0.6) is 0 Å². The van der Waals surface area contributed by atoms with Crippen molar-refractivity contribution in [2.24, 2.45) is 0 Å². The van der Waals surface area contributed by atoms with Crippen LogP contribution >= 0.6 is 0 Å². The lowest BCUT2D eigenvalue weighted by Gasteiger charge is -2.30. The minimum atomic E-state index is 0.0956. The summed E-state index contributed by atoms with van der Waals surface area (Å²) < 4.78 is 0. The maximum Gasteiger partial charge on any atom is 0.129 e. The summed E-state index contributed by atoms with van der Waals surface area (Å²) in [4.78, 5) is 7.41. The van der Waals surface area contributed by atoms with Crippen molar-refractivity contribution in [3.63, 3.8) is 0 Å². The largest absolute Gasteiger partial charge is 0.357 e. The summed E-state index contributed by atoms with van der Waals surface area (Å²) in [6, 6.07) is 5.05. The van der Waals surface area contributed by atoms with Crippen molar-refractivity contribution in [2.75, 3.05) is 18.0 Å². The molecule has 1 N–H and O–H groups in total. The summed E-state index contributed by atoms with van der Waals surface area (Å²) in [6.07, 6.45) is 3.94. The second-order valence-electron chi connectivity index (χ2n) is 7.55. The van der Waals surface area contributed by atoms with Crippen LogP contribution in [0.1, 0.15) is 65.1 Å². The Morgan fingerprint density at radius 1 is 1.14 bits per heavy atom. The van der Waals surface area contributed by atoms with E-state index in [1.807, 2.05) is 0 Å². The molecule has 2 rings (SSSR count). The van der Waals surface area contributed by atoms with E-state index in [0.29, 0.717) is 6.04 Å². The zero-order chi connectivity index (χ0) is 15.5. The number of aromatic nitrogens is 1. The van der Waals surface area contributed by atoms with Gasteiger partial charge in [-0.15, -0.1) is 0 Å². The molecule has 0 unspecified atom stereocenters. The summed E-state index contributed by atoms with van der Waals surface area (Å²) in [5.74, 6) is 1.17. The van der Waals surface area contributed by atoms with E-state index in [2.05, 4.69) is 57.0 Å². The van der Waals surface area contributed by atoms with Gasteiger partial charge >= 0.3 is 0 Å². The number of anilines is 1. The number of hydrogen-bond acceptors (Lipinski definition) is 3. The second kappa shape index (κ2) is 6.78. The predicted octanol–water partition coefficient (Wildman–Crippen LogP) is 3.87. The van der Waals surface area contributed by atoms with Gasteiger partial charge < -0.3 is 10.2 Å². The number of rotatable bonds is 4. The smallest absolute Gasteiger partial charge is 0.129 e. The molecule has 1 aliphatic rings. The number of nitrogens with one attached hydrogen (secondary N) is 1. The fourth-order valence-electron chi connectivity index (χ4n) is 2.66. The van der Waals surface area contributed by atoms with Crippen molar-refractivity contribution in [1.82, 2.24) is 10.3 Å². The van der Waals surface area contributed by atoms with Crippen molar-refractivity contribution in [3.05, 3.63) is 23.4 Å². The molecule has 2 heterocycles. The Morgan fingerprint density at radius 3 is 2.38 bits per heavy atom. The van der Waals surface area contributed by atoms with Crippen LogP contribution in [-0.4, -0.2) is 24.1 Å². The minimum absolute atomic E-state index is 0.0956. The van der Waals surface area contributed by atoms with Gasteiger partial charge in [-0.1, -0.05) is 34.6 Å². The molecule has 1 aromatic rings. The van der Waals surface area contributed by atoms with E-state index in [-0.39, 0.29) is 5.41 Å². The number of pyridine rings is 1. The van der Waals surface area contributed by atoms with Crippen molar-refractivity contribution < 1.29 is 0 Å². The SMILES string of the molecule is CC(C)NCc1cc(N2CCCCC2)nc(C(C)(C)C)c1. The van der Waals surface area contributed by atoms with E-state index in [9.17, 15) is 0 Å². The van der Waals surface area contributed by atoms with Gasteiger partial charge in [0.15, 0.2) is 0 Å². The Balaban J connectivity index is 2.27. The number of nitrogens with zero attached hydrogens (tertiary/aromatic N) is 2. The second-order valence-corrected chi connectivity index (χ2v) is 7.55. The highest BCUT2D eigenvalue weighted by Gasteiger charge is 2.20. The van der Waals surface area contributed by atoms with E-state index < -0.39 is 0 Å². The first-order valence-corrected chi connectivity index (χ1v) is 8.36. The highest BCUT2D eigenvalue weighted by molar-refractivity contribution is 5.44. The third-order valence-corrected chi connectivity index (χ3v) is 4.03. The maximum atomic E-state index is 4.95. The third kappa shape index (κ3) is 4.70. The standard InChI is InChI=1S/C18H31N3/c1-14(2)19-13-15-11-16(18(3,4)5)20-17(12-15)21-9-7-6-8-10-21/h11-12,14,19H,6-10,13H2,1-5H3. The zero-order valence-corrected chi connectivity index (χ0v) is 14.4. The Kier molecular flexibility index (Phi) is 5.26. The topological polar surface area (TPSA) is 28.2 Å². The van der Waals surface area contributed by atoms with Crippen LogP contribution < -0.4 is 10.2 Å². The van der Waals surface area contributed by atoms with Crippen molar-refractivity contribution in [2.45, 2.75) is 71.9 Å². The van der Waals surface area contributed by atoms with Gasteiger partial charge in [0.2, 0.25) is 0 Å². The highest BCUT2D eigenvalue weighted by atomic mass is 15.2. The molecule has 0 atom stereocenters. The van der Waals surface area contributed by atoms with Crippen LogP contribution in [0.2, 0.25) is 0 Å². The average molecular weight is 289 g/mol. The third-order valence-electron chi connectivity index (χ3n) is 4.03. The fraction of sp³-hybridized carbons (Fsp3) is 0.722. The normalized spacial score (nSPS) is 16.6. The van der Waals surface area contributed by atoms with Crippen molar-refractivity contribution in [1.29, 1.82) is 0 Å². The van der Waals surface area contributed by atoms with Gasteiger partial charge in [0.25, 0.3) is 0 Å². The van der Waals surface area contributed by atoms with Crippen molar-refractivity contribution in [3.8, 4) is 0 Å². The molecule has 0 amide bonds. The summed E-state index contributed by atoms with van der Waals surface area (Å²) in [6.45, 7) is 14.3. The molecule has 0 bridgehead atoms. The van der Waals surface area contributed by atoms with Crippen LogP contribution in [0.25, 0.3) is 0 Å². The fourth-order valence-corrected chi connectivity index (χ4v) is 2.66. The Labute approximate surface area is 130 Å². The maximum absolute atomic E-state index is 4.95. The van der Waals surface area contributed by atoms with Crippen LogP contribution in [0, 0.1) is 0 Å². The number of hydrogen-bond donors (Lipinski definition) is 1. The molecule has 0 aliphatic carbocycles. The molecule has 0 aromatic carbocycles. The lowest BCUT2D eigenvalue weighted by Crippen LogP contribution is -2.31. The van der Waals surface area contributed by atoms with E-state index in [1.165, 1.54) is 36.3 Å². The molecular weight excluding hydrogens is 258 g/mol. The number of piperidine rings is 1. The van der Waals surface area contributed by atoms with Crippen LogP contribution in [0.15, 0.2) is 12.1 Å². The first-order valence-electron chi connectivity index (χ1n) is 8.36. The average Bonchev–Trinajstić information content (AvgIpc) is 2.45. The monoisotopic (exact) mass is 289 g/mol. The quantitative estimate of drug-likeness (QED) is 0.912. The molecular formula is C18H31N3. The summed E-state index contributed by atoms with van der Waals surface area (Å²) in [5.41, 5.74) is 2.65. The van der Waals surface area contributed by atoms with Gasteiger partial charge in [0, 0.05) is 36.8 Å². The minimum Gasteiger partial charge on any atom is -0.357 e. The van der Waals surface area contributed by atoms with Crippen LogP contribution in [0.4, 0.5) is 5.82 Å². The van der Waals surface area contributed by atoms with E-state index in [1.54, 1.807) is 0 Å². The molecule has 1 aliphatic heterocycles. The van der Waals surface area contributed by atoms with Crippen LogP contribution in [-0.2, 0) is 12.0 Å². The Bertz CT molecular complexity index is 454. The molecule has 1 aromatic heterocycles. The summed E-state index contributed by atoms with van der Waals surface area (Å²) >= 11 is 0. The Morgan fingerprint density at radius 2 is 1.81 bits per heavy atom. The van der Waals surface area contributed by atoms with Gasteiger partial charge in [-0.05, 0) is 37.0 Å². The molecule has 3 nitrogen and oxygen atoms in total. The van der Waals surface area contributed by atoms with Crippen molar-refractivity contribution >= 4 is 5.82 Å². The van der Waals surface area contributed by atoms with Crippen LogP contribution in [0.3, 0.4) is 0 Å². The first-order chi connectivity index (χ1) is 9.86. The van der Waals surface area contributed by atoms with Gasteiger partial charge in [-0.3, -0.25) is 0 Å². The molecule has 3 heteroatoms. The van der Waals surface area contributed by atoms with Gasteiger partial charge in [-0.2, -0.15) is 0 Å². The van der Waals surface area contributed by atoms with Gasteiger partial charge in [0.1, 0.15) is 5.82 Å². The lowest BCUT2D eigenvalue weighted by molar-refractivity contribution is 0.548. The lowest BCUT2D eigenvalue weighted by atomic mass is 9.90. The predicted molar refractivity (Wildman–Crippen MR) is 91.0 cm³/mol. The summed E-state index contributed by atoms with van der Waals surface area (Å²) in [7, 11) is 0. The molecule has 21 heavy (non-hydrogen) atoms. The summed E-state index contributed by atoms with van der Waals surface area (Å²) in [5, 5.41) is 3.52. The Hall–Kier alpha value is -1.09. The zero-order valence-electron chi connectivity index (χ0n) is 14.4. The molecule has 1 saturated heterocycles. The molecule has 0 radical (unpaired) electrons. The van der Waals surface area contributed by atoms with E-state index in [4.69, 9.17) is 4.98 Å².